The van der Waals surface area contributed by atoms with Crippen molar-refractivity contribution in [3.8, 4) is 0 Å². The van der Waals surface area contributed by atoms with Crippen LogP contribution < -0.4 is 5.32 Å². The predicted octanol–water partition coefficient (Wildman–Crippen LogP) is 2.28. The highest BCUT2D eigenvalue weighted by molar-refractivity contribution is 9.10. The van der Waals surface area contributed by atoms with Gasteiger partial charge in [-0.1, -0.05) is 0 Å². The average molecular weight is 359 g/mol. The number of hydrogen-bond acceptors (Lipinski definition) is 3. The lowest BCUT2D eigenvalue weighted by Crippen LogP contribution is -2.55. The zero-order chi connectivity index (χ0) is 14.3. The smallest absolute Gasteiger partial charge is 0.330 e. The minimum atomic E-state index is -1.12. The van der Waals surface area contributed by atoms with Gasteiger partial charge in [0.1, 0.15) is 11.2 Å². The summed E-state index contributed by atoms with van der Waals surface area (Å²) in [5.41, 5.74) is -0.579. The van der Waals surface area contributed by atoms with Crippen molar-refractivity contribution in [2.24, 2.45) is 0 Å². The van der Waals surface area contributed by atoms with Gasteiger partial charge in [-0.05, 0) is 47.0 Å². The van der Waals surface area contributed by atoms with Crippen LogP contribution in [0.25, 0.3) is 0 Å². The van der Waals surface area contributed by atoms with Gasteiger partial charge in [0.15, 0.2) is 0 Å². The molecule has 5 nitrogen and oxygen atoms in total. The van der Waals surface area contributed by atoms with Crippen LogP contribution in [-0.4, -0.2) is 38.6 Å². The second kappa shape index (κ2) is 5.11. The molecule has 0 aromatic carbocycles. The number of aliphatic carboxylic acids is 1. The molecule has 7 heteroatoms. The maximum atomic E-state index is 12.5. The molecule has 1 aliphatic carbocycles. The van der Waals surface area contributed by atoms with Gasteiger partial charge in [-0.3, -0.25) is 4.79 Å². The summed E-state index contributed by atoms with van der Waals surface area (Å²) < 4.78 is 2.79. The molecule has 2 aliphatic rings. The molecule has 1 saturated carbocycles. The minimum Gasteiger partial charge on any atom is -0.479 e. The third kappa shape index (κ3) is 2.48. The first-order valence-electron chi connectivity index (χ1n) is 6.53. The van der Waals surface area contributed by atoms with Crippen molar-refractivity contribution in [1.82, 2.24) is 9.88 Å². The van der Waals surface area contributed by atoms with Crippen LogP contribution in [0.1, 0.15) is 35.8 Å². The van der Waals surface area contributed by atoms with Gasteiger partial charge in [0.25, 0.3) is 5.91 Å². The number of rotatable bonds is 4. The second-order valence-electron chi connectivity index (χ2n) is 5.33. The standard InChI is InChI=1S/C13H15BrN2O3S/c14-8-5-10(16(6-8)9-1-2-9)11(17)15-13(12(18)19)3-4-20-7-13/h5-6,9H,1-4,7H2,(H,15,17)(H,18,19). The highest BCUT2D eigenvalue weighted by atomic mass is 79.9. The molecule has 2 fully saturated rings. The Morgan fingerprint density at radius 2 is 2.25 bits per heavy atom. The zero-order valence-corrected chi connectivity index (χ0v) is 13.2. The number of hydrogen-bond donors (Lipinski definition) is 2. The number of halogens is 1. The quantitative estimate of drug-likeness (QED) is 0.865. The van der Waals surface area contributed by atoms with Gasteiger partial charge in [0, 0.05) is 22.5 Å². The van der Waals surface area contributed by atoms with Crippen LogP contribution in [0.5, 0.6) is 0 Å². The second-order valence-corrected chi connectivity index (χ2v) is 7.35. The van der Waals surface area contributed by atoms with E-state index in [1.165, 1.54) is 0 Å². The van der Waals surface area contributed by atoms with Crippen LogP contribution in [-0.2, 0) is 4.79 Å². The number of carbonyl (C=O) groups excluding carboxylic acids is 1. The Morgan fingerprint density at radius 1 is 1.50 bits per heavy atom. The molecule has 0 bridgehead atoms. The van der Waals surface area contributed by atoms with Crippen LogP contribution in [0.2, 0.25) is 0 Å². The van der Waals surface area contributed by atoms with Crippen molar-refractivity contribution in [2.75, 3.05) is 11.5 Å². The summed E-state index contributed by atoms with van der Waals surface area (Å²) in [7, 11) is 0. The van der Waals surface area contributed by atoms with E-state index < -0.39 is 11.5 Å². The first-order valence-corrected chi connectivity index (χ1v) is 8.48. The Morgan fingerprint density at radius 3 is 2.80 bits per heavy atom. The lowest BCUT2D eigenvalue weighted by molar-refractivity contribution is -0.143. The fourth-order valence-corrected chi connectivity index (χ4v) is 4.21. The molecule has 108 valence electrons. The Balaban J connectivity index is 1.84. The van der Waals surface area contributed by atoms with Crippen molar-refractivity contribution in [1.29, 1.82) is 0 Å². The summed E-state index contributed by atoms with van der Waals surface area (Å²) in [5, 5.41) is 12.2. The first kappa shape index (κ1) is 14.0. The molecular weight excluding hydrogens is 344 g/mol. The average Bonchev–Trinajstić information content (AvgIpc) is 3.00. The van der Waals surface area contributed by atoms with E-state index in [0.29, 0.717) is 23.9 Å². The molecular formula is C13H15BrN2O3S. The number of aromatic nitrogens is 1. The van der Waals surface area contributed by atoms with Gasteiger partial charge in [0.2, 0.25) is 0 Å². The number of nitrogens with one attached hydrogen (secondary N) is 1. The summed E-state index contributed by atoms with van der Waals surface area (Å²) in [4.78, 5) is 23.9. The topological polar surface area (TPSA) is 71.3 Å². The number of carboxylic acids is 1. The molecule has 1 aliphatic heterocycles. The first-order chi connectivity index (χ1) is 9.52. The molecule has 1 aromatic heterocycles. The predicted molar refractivity (Wildman–Crippen MR) is 80.2 cm³/mol. The highest BCUT2D eigenvalue weighted by Gasteiger charge is 2.44. The SMILES string of the molecule is O=C(NC1(C(=O)O)CCSC1)c1cc(Br)cn1C1CC1. The molecule has 1 atom stereocenters. The Hall–Kier alpha value is -0.950. The molecule has 1 unspecified atom stereocenters. The molecule has 20 heavy (non-hydrogen) atoms. The van der Waals surface area contributed by atoms with Gasteiger partial charge in [-0.25, -0.2) is 4.79 Å². The van der Waals surface area contributed by atoms with E-state index in [1.807, 2.05) is 10.8 Å². The molecule has 3 rings (SSSR count). The third-order valence-corrected chi connectivity index (χ3v) is 5.40. The van der Waals surface area contributed by atoms with E-state index >= 15 is 0 Å². The molecule has 1 saturated heterocycles. The molecule has 0 radical (unpaired) electrons. The van der Waals surface area contributed by atoms with Gasteiger partial charge >= 0.3 is 5.97 Å². The van der Waals surface area contributed by atoms with Gasteiger partial charge < -0.3 is 15.0 Å². The molecule has 1 amide bonds. The highest BCUT2D eigenvalue weighted by Crippen LogP contribution is 2.38. The monoisotopic (exact) mass is 358 g/mol. The summed E-state index contributed by atoms with van der Waals surface area (Å²) in [6, 6.07) is 2.13. The summed E-state index contributed by atoms with van der Waals surface area (Å²) >= 11 is 4.94. The van der Waals surface area contributed by atoms with Gasteiger partial charge in [-0.2, -0.15) is 11.8 Å². The van der Waals surface area contributed by atoms with Crippen LogP contribution in [0.4, 0.5) is 0 Å². The Labute approximate surface area is 129 Å². The largest absolute Gasteiger partial charge is 0.479 e. The molecule has 2 heterocycles. The Kier molecular flexibility index (Phi) is 3.58. The summed E-state index contributed by atoms with van der Waals surface area (Å²) in [5.74, 6) is -0.0498. The lowest BCUT2D eigenvalue weighted by Gasteiger charge is -2.24. The fourth-order valence-electron chi connectivity index (χ4n) is 2.45. The van der Waals surface area contributed by atoms with Crippen LogP contribution in [0.3, 0.4) is 0 Å². The van der Waals surface area contributed by atoms with E-state index in [-0.39, 0.29) is 5.91 Å². The third-order valence-electron chi connectivity index (χ3n) is 3.77. The number of carboxylic acid groups (broad SMARTS) is 1. The normalized spacial score (nSPS) is 25.6. The molecule has 1 aromatic rings. The molecule has 0 spiro atoms. The number of thioether (sulfide) groups is 1. The maximum absolute atomic E-state index is 12.5. The van der Waals surface area contributed by atoms with Crippen LogP contribution >= 0.6 is 27.7 Å². The van der Waals surface area contributed by atoms with Crippen molar-refractivity contribution in [3.05, 3.63) is 22.4 Å². The Bertz CT molecular complexity index is 562. The van der Waals surface area contributed by atoms with E-state index in [1.54, 1.807) is 17.8 Å². The summed E-state index contributed by atoms with van der Waals surface area (Å²) in [6.07, 6.45) is 4.51. The number of carbonyl (C=O) groups is 2. The lowest BCUT2D eigenvalue weighted by atomic mass is 9.99. The van der Waals surface area contributed by atoms with E-state index in [4.69, 9.17) is 0 Å². The van der Waals surface area contributed by atoms with E-state index in [9.17, 15) is 14.7 Å². The fraction of sp³-hybridized carbons (Fsp3) is 0.538. The number of amides is 1. The van der Waals surface area contributed by atoms with Crippen LogP contribution in [0, 0.1) is 0 Å². The van der Waals surface area contributed by atoms with Gasteiger partial charge in [0.05, 0.1) is 0 Å². The van der Waals surface area contributed by atoms with E-state index in [2.05, 4.69) is 21.2 Å². The molecule has 2 N–H and O–H groups in total. The van der Waals surface area contributed by atoms with Crippen LogP contribution in [0.15, 0.2) is 16.7 Å². The van der Waals surface area contributed by atoms with Crippen molar-refractivity contribution < 1.29 is 14.7 Å². The zero-order valence-electron chi connectivity index (χ0n) is 10.8. The van der Waals surface area contributed by atoms with Crippen molar-refractivity contribution >= 4 is 39.6 Å². The van der Waals surface area contributed by atoms with E-state index in [0.717, 1.165) is 23.1 Å². The van der Waals surface area contributed by atoms with Crippen molar-refractivity contribution in [3.63, 3.8) is 0 Å². The van der Waals surface area contributed by atoms with Crippen molar-refractivity contribution in [2.45, 2.75) is 30.8 Å². The summed E-state index contributed by atoms with van der Waals surface area (Å²) in [6.45, 7) is 0. The van der Waals surface area contributed by atoms with Gasteiger partial charge in [-0.15, -0.1) is 0 Å². The minimum absolute atomic E-state index is 0.299. The number of nitrogens with zero attached hydrogens (tertiary/aromatic N) is 1. The maximum Gasteiger partial charge on any atom is 0.330 e.